The van der Waals surface area contributed by atoms with Crippen molar-refractivity contribution < 1.29 is 13.2 Å². The summed E-state index contributed by atoms with van der Waals surface area (Å²) < 4.78 is 40.1. The van der Waals surface area contributed by atoms with Gasteiger partial charge in [-0.05, 0) is 47.9 Å². The number of nitrogens with zero attached hydrogens (tertiary/aromatic N) is 2. The van der Waals surface area contributed by atoms with Crippen molar-refractivity contribution in [2.75, 3.05) is 10.6 Å². The Morgan fingerprint density at radius 3 is 2.04 bits per heavy atom. The summed E-state index contributed by atoms with van der Waals surface area (Å²) in [6.45, 7) is 4.09. The average Bonchev–Trinajstić information content (AvgIpc) is 2.63. The molecule has 0 saturated heterocycles. The molecule has 0 radical (unpaired) electrons. The normalized spacial score (nSPS) is 11.5. The molecule has 2 N–H and O–H groups in total. The smallest absolute Gasteiger partial charge is 0.340 e. The number of rotatable bonds is 5. The van der Waals surface area contributed by atoms with Crippen molar-refractivity contribution in [2.24, 2.45) is 0 Å². The minimum Gasteiger partial charge on any atom is -0.340 e. The molecule has 3 rings (SSSR count). The van der Waals surface area contributed by atoms with Gasteiger partial charge >= 0.3 is 6.18 Å². The molecule has 0 aliphatic heterocycles. The zero-order valence-electron chi connectivity index (χ0n) is 15.2. The highest BCUT2D eigenvalue weighted by atomic mass is 35.5. The number of halogens is 4. The zero-order valence-corrected chi connectivity index (χ0v) is 15.9. The Hall–Kier alpha value is -2.80. The molecular formula is C20H18ClF3N4. The van der Waals surface area contributed by atoms with Crippen LogP contribution >= 0.6 is 11.6 Å². The molecule has 4 nitrogen and oxygen atoms in total. The van der Waals surface area contributed by atoms with E-state index in [9.17, 15) is 13.2 Å². The summed E-state index contributed by atoms with van der Waals surface area (Å²) in [6.07, 6.45) is -3.82. The quantitative estimate of drug-likeness (QED) is 0.491. The maximum Gasteiger partial charge on any atom is 0.421 e. The fraction of sp³-hybridized carbons (Fsp3) is 0.200. The van der Waals surface area contributed by atoms with Gasteiger partial charge in [-0.1, -0.05) is 37.6 Å². The van der Waals surface area contributed by atoms with Crippen LogP contribution in [0.3, 0.4) is 0 Å². The molecule has 1 aromatic heterocycles. The first kappa shape index (κ1) is 19.9. The van der Waals surface area contributed by atoms with Crippen molar-refractivity contribution in [3.63, 3.8) is 0 Å². The first-order valence-electron chi connectivity index (χ1n) is 8.56. The van der Waals surface area contributed by atoms with Gasteiger partial charge in [0.2, 0.25) is 5.95 Å². The molecule has 0 unspecified atom stereocenters. The standard InChI is InChI=1S/C20H18ClF3N4/c1-12(2)13-3-7-15(8-4-13)26-18-17(20(22,23)24)11-25-19(28-18)27-16-9-5-14(21)6-10-16/h3-12H,1-2H3,(H2,25,26,27,28). The molecule has 0 bridgehead atoms. The Morgan fingerprint density at radius 2 is 1.46 bits per heavy atom. The van der Waals surface area contributed by atoms with Crippen molar-refractivity contribution in [1.29, 1.82) is 0 Å². The molecule has 0 aliphatic rings. The van der Waals surface area contributed by atoms with Crippen LogP contribution in [0.2, 0.25) is 5.02 Å². The molecule has 0 amide bonds. The first-order valence-corrected chi connectivity index (χ1v) is 8.94. The lowest BCUT2D eigenvalue weighted by Gasteiger charge is -2.15. The van der Waals surface area contributed by atoms with E-state index in [1.54, 1.807) is 36.4 Å². The number of hydrogen-bond acceptors (Lipinski definition) is 4. The van der Waals surface area contributed by atoms with E-state index in [-0.39, 0.29) is 11.8 Å². The van der Waals surface area contributed by atoms with Gasteiger partial charge < -0.3 is 10.6 Å². The Balaban J connectivity index is 1.90. The predicted molar refractivity (Wildman–Crippen MR) is 106 cm³/mol. The van der Waals surface area contributed by atoms with Gasteiger partial charge in [0.05, 0.1) is 0 Å². The van der Waals surface area contributed by atoms with Crippen LogP contribution in [-0.4, -0.2) is 9.97 Å². The van der Waals surface area contributed by atoms with E-state index in [0.29, 0.717) is 22.3 Å². The number of anilines is 4. The van der Waals surface area contributed by atoms with Crippen LogP contribution < -0.4 is 10.6 Å². The van der Waals surface area contributed by atoms with Crippen molar-refractivity contribution in [2.45, 2.75) is 25.9 Å². The molecule has 2 aromatic carbocycles. The van der Waals surface area contributed by atoms with Gasteiger partial charge in [0, 0.05) is 22.6 Å². The van der Waals surface area contributed by atoms with E-state index in [4.69, 9.17) is 11.6 Å². The third-order valence-corrected chi connectivity index (χ3v) is 4.29. The number of aromatic nitrogens is 2. The van der Waals surface area contributed by atoms with Gasteiger partial charge in [-0.15, -0.1) is 0 Å². The van der Waals surface area contributed by atoms with Crippen LogP contribution in [0.4, 0.5) is 36.3 Å². The molecule has 0 atom stereocenters. The van der Waals surface area contributed by atoms with E-state index in [1.807, 2.05) is 26.0 Å². The van der Waals surface area contributed by atoms with E-state index in [1.165, 1.54) is 0 Å². The highest BCUT2D eigenvalue weighted by Crippen LogP contribution is 2.35. The van der Waals surface area contributed by atoms with Gasteiger partial charge in [-0.2, -0.15) is 18.2 Å². The molecule has 3 aromatic rings. The molecular weight excluding hydrogens is 389 g/mol. The highest BCUT2D eigenvalue weighted by Gasteiger charge is 2.35. The van der Waals surface area contributed by atoms with E-state index in [0.717, 1.165) is 11.8 Å². The predicted octanol–water partition coefficient (Wildman–Crippen LogP) is 6.76. The Labute approximate surface area is 165 Å². The largest absolute Gasteiger partial charge is 0.421 e. The molecule has 0 spiro atoms. The summed E-state index contributed by atoms with van der Waals surface area (Å²) in [5, 5.41) is 6.17. The minimum atomic E-state index is -4.58. The second-order valence-corrected chi connectivity index (χ2v) is 6.92. The van der Waals surface area contributed by atoms with E-state index in [2.05, 4.69) is 20.6 Å². The third kappa shape index (κ3) is 4.92. The van der Waals surface area contributed by atoms with Crippen molar-refractivity contribution in [3.8, 4) is 0 Å². The molecule has 28 heavy (non-hydrogen) atoms. The molecule has 8 heteroatoms. The summed E-state index contributed by atoms with van der Waals surface area (Å²) in [4.78, 5) is 7.81. The summed E-state index contributed by atoms with van der Waals surface area (Å²) in [6, 6.07) is 13.9. The Kier molecular flexibility index (Phi) is 5.74. The Bertz CT molecular complexity index is 939. The summed E-state index contributed by atoms with van der Waals surface area (Å²) in [5.74, 6) is 0.0434. The summed E-state index contributed by atoms with van der Waals surface area (Å²) in [7, 11) is 0. The summed E-state index contributed by atoms with van der Waals surface area (Å²) in [5.41, 5.74) is 1.26. The SMILES string of the molecule is CC(C)c1ccc(Nc2nc(Nc3ccc(Cl)cc3)ncc2C(F)(F)F)cc1. The first-order chi connectivity index (χ1) is 13.2. The van der Waals surface area contributed by atoms with E-state index < -0.39 is 11.7 Å². The maximum atomic E-state index is 13.4. The number of hydrogen-bond donors (Lipinski definition) is 2. The van der Waals surface area contributed by atoms with Crippen molar-refractivity contribution in [3.05, 3.63) is 70.9 Å². The lowest BCUT2D eigenvalue weighted by atomic mass is 10.0. The summed E-state index contributed by atoms with van der Waals surface area (Å²) >= 11 is 5.84. The second-order valence-electron chi connectivity index (χ2n) is 6.49. The molecule has 0 saturated carbocycles. The van der Waals surface area contributed by atoms with Crippen LogP contribution in [-0.2, 0) is 6.18 Å². The highest BCUT2D eigenvalue weighted by molar-refractivity contribution is 6.30. The average molecular weight is 407 g/mol. The number of nitrogens with one attached hydrogen (secondary N) is 2. The molecule has 0 aliphatic carbocycles. The third-order valence-electron chi connectivity index (χ3n) is 4.03. The van der Waals surface area contributed by atoms with Crippen molar-refractivity contribution in [1.82, 2.24) is 9.97 Å². The van der Waals surface area contributed by atoms with Crippen LogP contribution in [0.5, 0.6) is 0 Å². The zero-order chi connectivity index (χ0) is 20.3. The fourth-order valence-electron chi connectivity index (χ4n) is 2.50. The van der Waals surface area contributed by atoms with Crippen LogP contribution in [0.25, 0.3) is 0 Å². The Morgan fingerprint density at radius 1 is 0.893 bits per heavy atom. The maximum absolute atomic E-state index is 13.4. The minimum absolute atomic E-state index is 0.0385. The van der Waals surface area contributed by atoms with Gasteiger partial charge in [0.1, 0.15) is 11.4 Å². The van der Waals surface area contributed by atoms with Crippen LogP contribution in [0.15, 0.2) is 54.7 Å². The van der Waals surface area contributed by atoms with Crippen LogP contribution in [0.1, 0.15) is 30.9 Å². The molecule has 0 fully saturated rings. The number of alkyl halides is 3. The lowest BCUT2D eigenvalue weighted by molar-refractivity contribution is -0.137. The van der Waals surface area contributed by atoms with Gasteiger partial charge in [-0.3, -0.25) is 0 Å². The van der Waals surface area contributed by atoms with Gasteiger partial charge in [0.15, 0.2) is 0 Å². The van der Waals surface area contributed by atoms with Gasteiger partial charge in [0.25, 0.3) is 0 Å². The fourth-order valence-corrected chi connectivity index (χ4v) is 2.62. The van der Waals surface area contributed by atoms with Gasteiger partial charge in [-0.25, -0.2) is 4.98 Å². The molecule has 146 valence electrons. The van der Waals surface area contributed by atoms with Crippen molar-refractivity contribution >= 4 is 34.7 Å². The second kappa shape index (κ2) is 8.06. The van der Waals surface area contributed by atoms with Crippen LogP contribution in [0, 0.1) is 0 Å². The topological polar surface area (TPSA) is 49.8 Å². The molecule has 1 heterocycles. The monoisotopic (exact) mass is 406 g/mol. The van der Waals surface area contributed by atoms with E-state index >= 15 is 0 Å². The number of benzene rings is 2. The lowest BCUT2D eigenvalue weighted by Crippen LogP contribution is -2.12.